The van der Waals surface area contributed by atoms with Crippen molar-refractivity contribution >= 4 is 61.0 Å². The van der Waals surface area contributed by atoms with Gasteiger partial charge in [0.25, 0.3) is 5.91 Å². The average Bonchev–Trinajstić information content (AvgIpc) is 3.03. The van der Waals surface area contributed by atoms with Crippen LogP contribution in [0.3, 0.4) is 0 Å². The molecule has 1 aliphatic rings. The van der Waals surface area contributed by atoms with Crippen LogP contribution >= 0.6 is 31.9 Å². The van der Waals surface area contributed by atoms with Crippen molar-refractivity contribution in [3.8, 4) is 0 Å². The van der Waals surface area contributed by atoms with Crippen molar-refractivity contribution < 1.29 is 14.1 Å². The zero-order chi connectivity index (χ0) is 16.0. The van der Waals surface area contributed by atoms with Crippen LogP contribution in [0.15, 0.2) is 31.6 Å². The lowest BCUT2D eigenvalue weighted by atomic mass is 10.0. The molecule has 0 atom stereocenters. The fourth-order valence-corrected chi connectivity index (χ4v) is 3.53. The molecule has 0 spiro atoms. The number of hydrogen-bond donors (Lipinski definition) is 1. The van der Waals surface area contributed by atoms with E-state index in [0.29, 0.717) is 11.3 Å². The molecular weight excluding hydrogens is 420 g/mol. The van der Waals surface area contributed by atoms with Gasteiger partial charge in [-0.25, -0.2) is 0 Å². The maximum Gasteiger partial charge on any atom is 0.433 e. The minimum atomic E-state index is -0.622. The first-order valence-electron chi connectivity index (χ1n) is 6.14. The fourth-order valence-electron chi connectivity index (χ4n) is 2.27. The number of benzene rings is 1. The van der Waals surface area contributed by atoms with Gasteiger partial charge in [0.1, 0.15) is 10.7 Å². The van der Waals surface area contributed by atoms with Gasteiger partial charge in [-0.05, 0) is 46.6 Å². The van der Waals surface area contributed by atoms with E-state index >= 15 is 0 Å². The number of anilines is 1. The van der Waals surface area contributed by atoms with Crippen LogP contribution < -0.4 is 5.32 Å². The quantitative estimate of drug-likeness (QED) is 0.434. The third-order valence-corrected chi connectivity index (χ3v) is 4.76. The molecule has 1 N–H and O–H groups in total. The molecule has 22 heavy (non-hydrogen) atoms. The number of nitrogens with one attached hydrogen (secondary N) is 1. The topological polar surface area (TPSA) is 85.4 Å². The molecule has 2 aromatic rings. The second-order valence-electron chi connectivity index (χ2n) is 4.66. The zero-order valence-electron chi connectivity index (χ0n) is 11.1. The Kier molecular flexibility index (Phi) is 3.65. The number of fused-ring (bicyclic) bond motifs is 1. The van der Waals surface area contributed by atoms with Crippen LogP contribution in [0.5, 0.6) is 0 Å². The molecule has 8 heteroatoms. The fraction of sp³-hybridized carbons (Fsp3) is 0.0714. The van der Waals surface area contributed by atoms with Gasteiger partial charge >= 0.3 is 5.88 Å². The Bertz CT molecular complexity index is 855. The van der Waals surface area contributed by atoms with E-state index in [1.807, 2.05) is 13.0 Å². The van der Waals surface area contributed by atoms with Gasteiger partial charge in [-0.1, -0.05) is 15.9 Å². The highest BCUT2D eigenvalue weighted by atomic mass is 79.9. The van der Waals surface area contributed by atoms with E-state index < -0.39 is 4.92 Å². The van der Waals surface area contributed by atoms with E-state index in [1.165, 1.54) is 18.2 Å². The van der Waals surface area contributed by atoms with Gasteiger partial charge in [-0.3, -0.25) is 14.9 Å². The molecule has 0 fully saturated rings. The average molecular weight is 428 g/mol. The summed E-state index contributed by atoms with van der Waals surface area (Å²) in [4.78, 5) is 22.2. The van der Waals surface area contributed by atoms with Crippen LogP contribution in [0.4, 0.5) is 11.6 Å². The number of carbonyl (C=O) groups is 1. The lowest BCUT2D eigenvalue weighted by Crippen LogP contribution is -2.03. The second-order valence-corrected chi connectivity index (χ2v) is 6.37. The molecule has 112 valence electrons. The minimum absolute atomic E-state index is 0.250. The molecule has 0 saturated carbocycles. The molecule has 0 bridgehead atoms. The SMILES string of the molecule is Cc1c(Br)cc(Br)c2c1C(=Cc1ccc([N+](=O)[O-])o1)C(=O)N2. The Morgan fingerprint density at radius 3 is 2.68 bits per heavy atom. The van der Waals surface area contributed by atoms with E-state index in [0.717, 1.165) is 20.1 Å². The van der Waals surface area contributed by atoms with Gasteiger partial charge in [0.15, 0.2) is 0 Å². The van der Waals surface area contributed by atoms with Crippen LogP contribution in [0, 0.1) is 17.0 Å². The molecule has 2 heterocycles. The summed E-state index contributed by atoms with van der Waals surface area (Å²) in [5.41, 5.74) is 2.71. The number of nitrogens with zero attached hydrogens (tertiary/aromatic N) is 1. The van der Waals surface area contributed by atoms with Crippen molar-refractivity contribution in [1.29, 1.82) is 0 Å². The first kappa shape index (κ1) is 15.0. The third-order valence-electron chi connectivity index (χ3n) is 3.31. The zero-order valence-corrected chi connectivity index (χ0v) is 14.3. The summed E-state index contributed by atoms with van der Waals surface area (Å²) in [5, 5.41) is 13.4. The Morgan fingerprint density at radius 2 is 2.05 bits per heavy atom. The summed E-state index contributed by atoms with van der Waals surface area (Å²) in [7, 11) is 0. The van der Waals surface area contributed by atoms with Crippen molar-refractivity contribution in [2.45, 2.75) is 6.92 Å². The second kappa shape index (κ2) is 5.36. The van der Waals surface area contributed by atoms with Crippen molar-refractivity contribution in [3.63, 3.8) is 0 Å². The van der Waals surface area contributed by atoms with Crippen molar-refractivity contribution in [2.75, 3.05) is 5.32 Å². The standard InChI is InChI=1S/C14H8Br2N2O4/c1-6-9(15)5-10(16)13-12(6)8(14(19)17-13)4-7-2-3-11(22-7)18(20)21/h2-5H,1H3,(H,17,19). The Balaban J connectivity index is 2.15. The van der Waals surface area contributed by atoms with Crippen molar-refractivity contribution in [1.82, 2.24) is 0 Å². The molecule has 1 aliphatic heterocycles. The van der Waals surface area contributed by atoms with E-state index in [4.69, 9.17) is 4.42 Å². The molecule has 1 aromatic carbocycles. The highest BCUT2D eigenvalue weighted by Crippen LogP contribution is 2.43. The number of halogens is 2. The van der Waals surface area contributed by atoms with E-state index in [9.17, 15) is 14.9 Å². The van der Waals surface area contributed by atoms with E-state index in [-0.39, 0.29) is 17.6 Å². The van der Waals surface area contributed by atoms with Gasteiger partial charge in [-0.15, -0.1) is 0 Å². The molecule has 6 nitrogen and oxygen atoms in total. The van der Waals surface area contributed by atoms with E-state index in [2.05, 4.69) is 37.2 Å². The summed E-state index contributed by atoms with van der Waals surface area (Å²) < 4.78 is 6.70. The van der Waals surface area contributed by atoms with Crippen LogP contribution in [-0.4, -0.2) is 10.8 Å². The minimum Gasteiger partial charge on any atom is -0.401 e. The molecular formula is C14H8Br2N2O4. The summed E-state index contributed by atoms with van der Waals surface area (Å²) in [6.45, 7) is 1.88. The molecule has 0 unspecified atom stereocenters. The van der Waals surface area contributed by atoms with Gasteiger partial charge in [0, 0.05) is 14.5 Å². The van der Waals surface area contributed by atoms with Crippen LogP contribution in [-0.2, 0) is 4.79 Å². The molecule has 3 rings (SSSR count). The van der Waals surface area contributed by atoms with Crippen molar-refractivity contribution in [2.24, 2.45) is 0 Å². The van der Waals surface area contributed by atoms with Crippen molar-refractivity contribution in [3.05, 3.63) is 54.1 Å². The maximum absolute atomic E-state index is 12.2. The monoisotopic (exact) mass is 426 g/mol. The smallest absolute Gasteiger partial charge is 0.401 e. The Hall–Kier alpha value is -1.93. The molecule has 0 aliphatic carbocycles. The highest BCUT2D eigenvalue weighted by molar-refractivity contribution is 9.11. The predicted octanol–water partition coefficient (Wildman–Crippen LogP) is 4.51. The largest absolute Gasteiger partial charge is 0.433 e. The predicted molar refractivity (Wildman–Crippen MR) is 88.4 cm³/mol. The summed E-state index contributed by atoms with van der Waals surface area (Å²) in [6, 6.07) is 4.57. The number of amides is 1. The number of rotatable bonds is 2. The number of nitro groups is 1. The van der Waals surface area contributed by atoms with Crippen LogP contribution in [0.2, 0.25) is 0 Å². The van der Waals surface area contributed by atoms with Gasteiger partial charge in [0.2, 0.25) is 0 Å². The maximum atomic E-state index is 12.2. The van der Waals surface area contributed by atoms with E-state index in [1.54, 1.807) is 0 Å². The van der Waals surface area contributed by atoms with Crippen LogP contribution in [0.1, 0.15) is 16.9 Å². The Morgan fingerprint density at radius 1 is 1.32 bits per heavy atom. The van der Waals surface area contributed by atoms with Gasteiger partial charge in [0.05, 0.1) is 17.3 Å². The third kappa shape index (κ3) is 2.38. The van der Waals surface area contributed by atoms with Gasteiger partial charge < -0.3 is 9.73 Å². The van der Waals surface area contributed by atoms with Gasteiger partial charge in [-0.2, -0.15) is 0 Å². The Labute approximate surface area is 141 Å². The first-order valence-corrected chi connectivity index (χ1v) is 7.73. The molecule has 1 amide bonds. The number of hydrogen-bond acceptors (Lipinski definition) is 4. The number of furan rings is 1. The molecule has 0 radical (unpaired) electrons. The number of carbonyl (C=O) groups excluding carboxylic acids is 1. The normalized spacial score (nSPS) is 15.0. The summed E-state index contributed by atoms with van der Waals surface area (Å²) >= 11 is 6.86. The lowest BCUT2D eigenvalue weighted by molar-refractivity contribution is -0.402. The molecule has 1 aromatic heterocycles. The summed E-state index contributed by atoms with van der Waals surface area (Å²) in [6.07, 6.45) is 1.50. The lowest BCUT2D eigenvalue weighted by Gasteiger charge is -2.08. The highest BCUT2D eigenvalue weighted by Gasteiger charge is 2.29. The molecule has 0 saturated heterocycles. The first-order chi connectivity index (χ1) is 10.4. The summed E-state index contributed by atoms with van der Waals surface area (Å²) in [5.74, 6) is -0.395. The van der Waals surface area contributed by atoms with Crippen LogP contribution in [0.25, 0.3) is 11.6 Å².